The zero-order chi connectivity index (χ0) is 9.14. The summed E-state index contributed by atoms with van der Waals surface area (Å²) in [5.41, 5.74) is 0. The monoisotopic (exact) mass is 186 g/mol. The molecule has 0 saturated carbocycles. The van der Waals surface area contributed by atoms with Crippen molar-refractivity contribution in [2.75, 3.05) is 14.1 Å². The summed E-state index contributed by atoms with van der Waals surface area (Å²) in [5, 5.41) is 10.6. The van der Waals surface area contributed by atoms with E-state index in [0.29, 0.717) is 0 Å². The van der Waals surface area contributed by atoms with Crippen molar-refractivity contribution in [3.63, 3.8) is 0 Å². The number of rotatable bonds is 2. The third kappa shape index (κ3) is 1.88. The summed E-state index contributed by atoms with van der Waals surface area (Å²) in [6, 6.07) is 0. The number of carbonyl (C=O) groups excluding carboxylic acids is 1. The van der Waals surface area contributed by atoms with Gasteiger partial charge in [0.1, 0.15) is 6.54 Å². The molecule has 7 heteroatoms. The second kappa shape index (κ2) is 3.44. The Morgan fingerprint density at radius 1 is 1.67 bits per heavy atom. The number of tetrazole rings is 1. The van der Waals surface area contributed by atoms with E-state index in [4.69, 9.17) is 12.6 Å². The quantitative estimate of drug-likeness (QED) is 0.613. The van der Waals surface area contributed by atoms with Crippen LogP contribution in [-0.4, -0.2) is 45.1 Å². The molecule has 0 aliphatic heterocycles. The van der Waals surface area contributed by atoms with Crippen LogP contribution in [0.5, 0.6) is 0 Å². The van der Waals surface area contributed by atoms with E-state index in [1.807, 2.05) is 0 Å². The van der Waals surface area contributed by atoms with Crippen molar-refractivity contribution in [3.05, 3.63) is 0 Å². The van der Waals surface area contributed by atoms with E-state index in [2.05, 4.69) is 15.5 Å². The summed E-state index contributed by atoms with van der Waals surface area (Å²) in [6.07, 6.45) is 0. The largest absolute Gasteiger partial charge is 0.347 e. The maximum absolute atomic E-state index is 11.1. The summed E-state index contributed by atoms with van der Waals surface area (Å²) in [6.45, 7) is 0.0961. The smallest absolute Gasteiger partial charge is 0.243 e. The second-order valence-electron chi connectivity index (χ2n) is 2.41. The maximum Gasteiger partial charge on any atom is 0.243 e. The van der Waals surface area contributed by atoms with Gasteiger partial charge >= 0.3 is 0 Å². The van der Waals surface area contributed by atoms with Crippen LogP contribution < -0.4 is 0 Å². The fourth-order valence-corrected chi connectivity index (χ4v) is 0.703. The number of carbonyl (C=O) groups is 1. The highest BCUT2D eigenvalue weighted by Crippen LogP contribution is 1.97. The Kier molecular flexibility index (Phi) is 2.54. The Morgan fingerprint density at radius 2 is 2.33 bits per heavy atom. The molecule has 0 aliphatic carbocycles. The Hall–Kier alpha value is -1.24. The molecule has 0 fully saturated rings. The van der Waals surface area contributed by atoms with Crippen molar-refractivity contribution in [3.8, 4) is 0 Å². The topological polar surface area (TPSA) is 63.9 Å². The molecule has 1 rings (SSSR count). The molecule has 0 atom stereocenters. The highest BCUT2D eigenvalue weighted by atomic mass is 32.1. The number of aromatic nitrogens is 4. The van der Waals surface area contributed by atoms with Gasteiger partial charge in [0.25, 0.3) is 0 Å². The van der Waals surface area contributed by atoms with Crippen LogP contribution in [0.4, 0.5) is 0 Å². The molecule has 1 amide bonds. The number of amides is 1. The summed E-state index contributed by atoms with van der Waals surface area (Å²) in [7, 11) is 3.32. The molecule has 1 aromatic rings. The van der Waals surface area contributed by atoms with Gasteiger partial charge in [-0.1, -0.05) is 5.10 Å². The zero-order valence-electron chi connectivity index (χ0n) is 6.76. The summed E-state index contributed by atoms with van der Waals surface area (Å²) in [5.74, 6) is -0.0894. The molecule has 6 nitrogen and oxygen atoms in total. The number of hydrogen-bond donors (Lipinski definition) is 0. The molecular formula is C5H8N5OS. The number of hydrogen-bond acceptors (Lipinski definition) is 4. The van der Waals surface area contributed by atoms with E-state index < -0.39 is 0 Å². The van der Waals surface area contributed by atoms with E-state index in [-0.39, 0.29) is 17.6 Å². The Morgan fingerprint density at radius 3 is 2.75 bits per heavy atom. The van der Waals surface area contributed by atoms with Crippen LogP contribution in [0.3, 0.4) is 0 Å². The van der Waals surface area contributed by atoms with Crippen LogP contribution in [0.2, 0.25) is 0 Å². The highest BCUT2D eigenvalue weighted by molar-refractivity contribution is 7.80. The highest BCUT2D eigenvalue weighted by Gasteiger charge is 2.09. The molecule has 12 heavy (non-hydrogen) atoms. The number of likely N-dealkylation sites (N-methyl/N-ethyl adjacent to an activating group) is 1. The van der Waals surface area contributed by atoms with Gasteiger partial charge in [0.15, 0.2) is 0 Å². The van der Waals surface area contributed by atoms with Gasteiger partial charge in [-0.15, -0.1) is 0 Å². The normalized spacial score (nSPS) is 9.83. The van der Waals surface area contributed by atoms with Gasteiger partial charge in [0.2, 0.25) is 11.1 Å². The van der Waals surface area contributed by atoms with Gasteiger partial charge in [-0.05, 0) is 23.1 Å². The molecule has 65 valence electrons. The summed E-state index contributed by atoms with van der Waals surface area (Å²) < 4.78 is 1.28. The molecule has 1 heterocycles. The first-order chi connectivity index (χ1) is 5.61. The van der Waals surface area contributed by atoms with Gasteiger partial charge in [0, 0.05) is 14.1 Å². The molecular weight excluding hydrogens is 178 g/mol. The molecule has 0 unspecified atom stereocenters. The molecule has 0 N–H and O–H groups in total. The van der Waals surface area contributed by atoms with Gasteiger partial charge in [0.05, 0.1) is 0 Å². The lowest BCUT2D eigenvalue weighted by Gasteiger charge is -2.08. The van der Waals surface area contributed by atoms with Crippen molar-refractivity contribution < 1.29 is 4.79 Å². The van der Waals surface area contributed by atoms with Crippen molar-refractivity contribution in [2.24, 2.45) is 0 Å². The van der Waals surface area contributed by atoms with Gasteiger partial charge in [-0.25, -0.2) is 4.68 Å². The molecule has 1 aromatic heterocycles. The second-order valence-corrected chi connectivity index (χ2v) is 2.77. The first kappa shape index (κ1) is 8.85. The molecule has 0 bridgehead atoms. The van der Waals surface area contributed by atoms with E-state index in [1.54, 1.807) is 14.1 Å². The Labute approximate surface area is 75.0 Å². The molecule has 0 spiro atoms. The minimum Gasteiger partial charge on any atom is -0.347 e. The van der Waals surface area contributed by atoms with Crippen LogP contribution in [0.15, 0.2) is 5.16 Å². The zero-order valence-corrected chi connectivity index (χ0v) is 7.58. The lowest BCUT2D eigenvalue weighted by molar-refractivity contribution is -0.129. The van der Waals surface area contributed by atoms with E-state index in [0.717, 1.165) is 0 Å². The first-order valence-electron chi connectivity index (χ1n) is 3.24. The molecule has 0 aromatic carbocycles. The van der Waals surface area contributed by atoms with E-state index in [9.17, 15) is 4.79 Å². The Bertz CT molecular complexity index is 283. The van der Waals surface area contributed by atoms with Gasteiger partial charge in [-0.2, -0.15) is 0 Å². The number of nitrogens with zero attached hydrogens (tertiary/aromatic N) is 5. The average molecular weight is 186 g/mol. The maximum atomic E-state index is 11.1. The minimum atomic E-state index is -0.0894. The van der Waals surface area contributed by atoms with Crippen LogP contribution in [0.1, 0.15) is 0 Å². The predicted octanol–water partition coefficient (Wildman–Crippen LogP) is -0.682. The Balaban J connectivity index is 2.64. The fourth-order valence-electron chi connectivity index (χ4n) is 0.565. The standard InChI is InChI=1S/C5H8N5OS/c1-9(2)4(11)3-10-5(12)6-7-8-10/h3H2,1-2H3. The molecule has 0 saturated heterocycles. The van der Waals surface area contributed by atoms with Crippen molar-refractivity contribution in [1.29, 1.82) is 0 Å². The molecule has 0 aliphatic rings. The third-order valence-corrected chi connectivity index (χ3v) is 1.58. The van der Waals surface area contributed by atoms with Crippen molar-refractivity contribution >= 4 is 18.5 Å². The lowest BCUT2D eigenvalue weighted by Crippen LogP contribution is -2.26. The van der Waals surface area contributed by atoms with Crippen LogP contribution in [0, 0.1) is 0 Å². The first-order valence-corrected chi connectivity index (χ1v) is 3.65. The fraction of sp³-hybridized carbons (Fsp3) is 0.600. The minimum absolute atomic E-state index is 0.0894. The van der Waals surface area contributed by atoms with E-state index >= 15 is 0 Å². The van der Waals surface area contributed by atoms with E-state index in [1.165, 1.54) is 9.58 Å². The van der Waals surface area contributed by atoms with Crippen molar-refractivity contribution in [2.45, 2.75) is 11.7 Å². The predicted molar refractivity (Wildman–Crippen MR) is 42.4 cm³/mol. The van der Waals surface area contributed by atoms with Crippen LogP contribution in [-0.2, 0) is 11.3 Å². The summed E-state index contributed by atoms with van der Waals surface area (Å²) >= 11 is 4.75. The van der Waals surface area contributed by atoms with Crippen LogP contribution in [0.25, 0.3) is 0 Å². The molecule has 1 radical (unpaired) electrons. The SMILES string of the molecule is CN(C)C(=O)Cn1nnnc1[S]. The van der Waals surface area contributed by atoms with Crippen molar-refractivity contribution in [1.82, 2.24) is 25.1 Å². The lowest BCUT2D eigenvalue weighted by atomic mass is 10.5. The average Bonchev–Trinajstić information content (AvgIpc) is 2.36. The van der Waals surface area contributed by atoms with Gasteiger partial charge < -0.3 is 4.90 Å². The van der Waals surface area contributed by atoms with Crippen LogP contribution >= 0.6 is 12.6 Å². The van der Waals surface area contributed by atoms with Gasteiger partial charge in [-0.3, -0.25) is 4.79 Å². The summed E-state index contributed by atoms with van der Waals surface area (Å²) in [4.78, 5) is 12.6. The third-order valence-electron chi connectivity index (χ3n) is 1.28.